The van der Waals surface area contributed by atoms with Crippen LogP contribution in [0.5, 0.6) is 0 Å². The molecule has 3 rings (SSSR count). The zero-order chi connectivity index (χ0) is 21.7. The summed E-state index contributed by atoms with van der Waals surface area (Å²) in [5.41, 5.74) is 0.468. The molecular formula is C20H22N4O5S. The molecule has 0 aliphatic heterocycles. The Kier molecular flexibility index (Phi) is 6.48. The number of nitrogens with zero attached hydrogens (tertiary/aromatic N) is 1. The first-order valence-corrected chi connectivity index (χ1v) is 10.9. The summed E-state index contributed by atoms with van der Waals surface area (Å²) < 4.78 is 23.6. The van der Waals surface area contributed by atoms with E-state index in [1.165, 1.54) is 12.1 Å². The van der Waals surface area contributed by atoms with Gasteiger partial charge in [0.2, 0.25) is 15.9 Å². The van der Waals surface area contributed by atoms with Gasteiger partial charge in [-0.05, 0) is 42.7 Å². The molecule has 4 N–H and O–H groups in total. The van der Waals surface area contributed by atoms with Crippen molar-refractivity contribution in [2.45, 2.75) is 30.7 Å². The number of H-pyrrole nitrogens is 1. The van der Waals surface area contributed by atoms with Crippen LogP contribution in [0.25, 0.3) is 10.9 Å². The van der Waals surface area contributed by atoms with Crippen molar-refractivity contribution in [3.8, 4) is 0 Å². The number of nitrogens with two attached hydrogens (primary N) is 1. The molecule has 0 aliphatic carbocycles. The third-order valence-corrected chi connectivity index (χ3v) is 5.59. The Bertz CT molecular complexity index is 1280. The number of nitrogens with one attached hydrogen (secondary N) is 2. The molecule has 0 fully saturated rings. The summed E-state index contributed by atoms with van der Waals surface area (Å²) in [5, 5.41) is 8.25. The fourth-order valence-electron chi connectivity index (χ4n) is 3.08. The average Bonchev–Trinajstić information content (AvgIpc) is 2.70. The Morgan fingerprint density at radius 3 is 2.47 bits per heavy atom. The van der Waals surface area contributed by atoms with Gasteiger partial charge in [0.05, 0.1) is 15.8 Å². The highest BCUT2D eigenvalue weighted by atomic mass is 32.2. The summed E-state index contributed by atoms with van der Waals surface area (Å²) >= 11 is 0. The van der Waals surface area contributed by atoms with E-state index in [9.17, 15) is 22.8 Å². The molecule has 0 atom stereocenters. The van der Waals surface area contributed by atoms with Gasteiger partial charge < -0.3 is 10.3 Å². The predicted octanol–water partition coefficient (Wildman–Crippen LogP) is 0.476. The van der Waals surface area contributed by atoms with E-state index in [4.69, 9.17) is 5.14 Å². The Morgan fingerprint density at radius 1 is 1.07 bits per heavy atom. The van der Waals surface area contributed by atoms with Crippen LogP contribution < -0.4 is 21.7 Å². The quantitative estimate of drug-likeness (QED) is 0.476. The minimum Gasteiger partial charge on any atom is -0.356 e. The number of benzene rings is 2. The van der Waals surface area contributed by atoms with Gasteiger partial charge in [0.25, 0.3) is 5.56 Å². The van der Waals surface area contributed by atoms with E-state index in [2.05, 4.69) is 10.3 Å². The van der Waals surface area contributed by atoms with E-state index in [-0.39, 0.29) is 29.3 Å². The van der Waals surface area contributed by atoms with Crippen LogP contribution in [0.3, 0.4) is 0 Å². The Morgan fingerprint density at radius 2 is 1.77 bits per heavy atom. The molecule has 0 saturated heterocycles. The molecule has 0 radical (unpaired) electrons. The lowest BCUT2D eigenvalue weighted by atomic mass is 10.1. The van der Waals surface area contributed by atoms with Crippen molar-refractivity contribution in [3.63, 3.8) is 0 Å². The lowest BCUT2D eigenvalue weighted by Crippen LogP contribution is -2.35. The highest BCUT2D eigenvalue weighted by Crippen LogP contribution is 2.09. The van der Waals surface area contributed by atoms with Crippen LogP contribution in [0.2, 0.25) is 0 Å². The van der Waals surface area contributed by atoms with Gasteiger partial charge in [0, 0.05) is 19.5 Å². The number of amides is 1. The summed E-state index contributed by atoms with van der Waals surface area (Å²) in [6.45, 7) is 0.519. The number of hydrogen-bond donors (Lipinski definition) is 3. The molecule has 0 unspecified atom stereocenters. The predicted molar refractivity (Wildman–Crippen MR) is 113 cm³/mol. The van der Waals surface area contributed by atoms with Gasteiger partial charge in [0.15, 0.2) is 0 Å². The van der Waals surface area contributed by atoms with Crippen molar-refractivity contribution in [3.05, 3.63) is 74.9 Å². The Hall–Kier alpha value is -3.24. The number of sulfonamides is 1. The second-order valence-corrected chi connectivity index (χ2v) is 8.39. The molecule has 158 valence electrons. The van der Waals surface area contributed by atoms with Crippen molar-refractivity contribution in [2.24, 2.45) is 5.14 Å². The van der Waals surface area contributed by atoms with Gasteiger partial charge in [-0.1, -0.05) is 24.3 Å². The van der Waals surface area contributed by atoms with Crippen LogP contribution >= 0.6 is 0 Å². The molecule has 9 nitrogen and oxygen atoms in total. The van der Waals surface area contributed by atoms with Gasteiger partial charge in [0.1, 0.15) is 0 Å². The SMILES string of the molecule is NS(=O)(=O)c1ccc(CCNC(=O)CCCn2c(=O)[nH]c3ccccc3c2=O)cc1. The highest BCUT2D eigenvalue weighted by Gasteiger charge is 2.09. The summed E-state index contributed by atoms with van der Waals surface area (Å²) in [7, 11) is -3.72. The fraction of sp³-hybridized carbons (Fsp3) is 0.250. The number of primary sulfonamides is 1. The van der Waals surface area contributed by atoms with Crippen LogP contribution in [-0.4, -0.2) is 30.4 Å². The van der Waals surface area contributed by atoms with Crippen LogP contribution in [0.1, 0.15) is 18.4 Å². The monoisotopic (exact) mass is 430 g/mol. The van der Waals surface area contributed by atoms with Gasteiger partial charge >= 0.3 is 5.69 Å². The topological polar surface area (TPSA) is 144 Å². The average molecular weight is 430 g/mol. The summed E-state index contributed by atoms with van der Waals surface area (Å²) in [6, 6.07) is 12.9. The minimum atomic E-state index is -3.72. The smallest absolute Gasteiger partial charge is 0.328 e. The number of aromatic amines is 1. The zero-order valence-electron chi connectivity index (χ0n) is 16.1. The molecule has 1 aromatic heterocycles. The molecule has 1 amide bonds. The van der Waals surface area contributed by atoms with Crippen molar-refractivity contribution < 1.29 is 13.2 Å². The van der Waals surface area contributed by atoms with Crippen LogP contribution in [-0.2, 0) is 27.8 Å². The molecule has 0 saturated carbocycles. The first kappa shape index (κ1) is 21.5. The second kappa shape index (κ2) is 9.06. The van der Waals surface area contributed by atoms with Gasteiger partial charge in [-0.15, -0.1) is 0 Å². The molecule has 3 aromatic rings. The number of para-hydroxylation sites is 1. The molecule has 0 spiro atoms. The van der Waals surface area contributed by atoms with Crippen molar-refractivity contribution in [1.29, 1.82) is 0 Å². The van der Waals surface area contributed by atoms with E-state index in [1.807, 2.05) is 0 Å². The van der Waals surface area contributed by atoms with Crippen molar-refractivity contribution >= 4 is 26.8 Å². The fourth-order valence-corrected chi connectivity index (χ4v) is 3.60. The second-order valence-electron chi connectivity index (χ2n) is 6.82. The summed E-state index contributed by atoms with van der Waals surface area (Å²) in [6.07, 6.45) is 1.04. The van der Waals surface area contributed by atoms with Gasteiger partial charge in [-0.3, -0.25) is 14.2 Å². The Balaban J connectivity index is 1.48. The van der Waals surface area contributed by atoms with Crippen molar-refractivity contribution in [2.75, 3.05) is 6.54 Å². The maximum Gasteiger partial charge on any atom is 0.328 e. The number of carbonyl (C=O) groups is 1. The first-order valence-electron chi connectivity index (χ1n) is 9.36. The molecule has 2 aromatic carbocycles. The maximum absolute atomic E-state index is 12.4. The van der Waals surface area contributed by atoms with E-state index < -0.39 is 15.7 Å². The lowest BCUT2D eigenvalue weighted by molar-refractivity contribution is -0.121. The van der Waals surface area contributed by atoms with E-state index >= 15 is 0 Å². The lowest BCUT2D eigenvalue weighted by Gasteiger charge is -2.08. The minimum absolute atomic E-state index is 0.0363. The molecule has 30 heavy (non-hydrogen) atoms. The molecule has 1 heterocycles. The van der Waals surface area contributed by atoms with E-state index in [0.717, 1.165) is 10.1 Å². The molecular weight excluding hydrogens is 408 g/mol. The number of carbonyl (C=O) groups excluding carboxylic acids is 1. The van der Waals surface area contributed by atoms with Gasteiger partial charge in [-0.2, -0.15) is 0 Å². The Labute approximate surface area is 172 Å². The van der Waals surface area contributed by atoms with Gasteiger partial charge in [-0.25, -0.2) is 18.4 Å². The third kappa shape index (κ3) is 5.22. The molecule has 0 aliphatic rings. The first-order chi connectivity index (χ1) is 14.3. The van der Waals surface area contributed by atoms with Crippen LogP contribution in [0.15, 0.2) is 63.0 Å². The highest BCUT2D eigenvalue weighted by molar-refractivity contribution is 7.89. The normalized spacial score (nSPS) is 11.5. The standard InChI is InChI=1S/C20H22N4O5S/c21-30(28,29)15-9-7-14(8-10-15)11-12-22-18(25)6-3-13-24-19(26)16-4-1-2-5-17(16)23-20(24)27/h1-2,4-5,7-10H,3,6,11-13H2,(H,22,25)(H,23,27)(H2,21,28,29). The van der Waals surface area contributed by atoms with E-state index in [1.54, 1.807) is 36.4 Å². The van der Waals surface area contributed by atoms with Crippen LogP contribution in [0, 0.1) is 0 Å². The molecule has 0 bridgehead atoms. The third-order valence-electron chi connectivity index (χ3n) is 4.66. The molecule has 10 heteroatoms. The van der Waals surface area contributed by atoms with E-state index in [0.29, 0.717) is 30.3 Å². The zero-order valence-corrected chi connectivity index (χ0v) is 16.9. The van der Waals surface area contributed by atoms with Crippen molar-refractivity contribution in [1.82, 2.24) is 14.9 Å². The maximum atomic E-state index is 12.4. The summed E-state index contributed by atoms with van der Waals surface area (Å²) in [4.78, 5) is 39.3. The number of hydrogen-bond acceptors (Lipinski definition) is 5. The summed E-state index contributed by atoms with van der Waals surface area (Å²) in [5.74, 6) is -0.193. The largest absolute Gasteiger partial charge is 0.356 e. The van der Waals surface area contributed by atoms with Crippen LogP contribution in [0.4, 0.5) is 0 Å². The number of fused-ring (bicyclic) bond motifs is 1. The number of rotatable bonds is 8. The number of aromatic nitrogens is 2.